The number of hydrogen-bond acceptors (Lipinski definition) is 4. The number of aromatic nitrogens is 2. The van der Waals surface area contributed by atoms with E-state index in [2.05, 4.69) is 59.1 Å². The van der Waals surface area contributed by atoms with E-state index in [0.717, 1.165) is 49.5 Å². The van der Waals surface area contributed by atoms with Crippen molar-refractivity contribution in [3.63, 3.8) is 0 Å². The molecule has 5 heteroatoms. The SMILES string of the molecule is CCN(C)[C@@H]1c2ccccc2C2(CCN(c3nc4ccccc4[nH]3)CC2)[C@H]1O. The Morgan fingerprint density at radius 1 is 1.14 bits per heavy atom. The first kappa shape index (κ1) is 17.7. The summed E-state index contributed by atoms with van der Waals surface area (Å²) in [6.45, 7) is 4.88. The number of H-pyrrole nitrogens is 1. The van der Waals surface area contributed by atoms with Crippen LogP contribution in [0.1, 0.15) is 36.9 Å². The topological polar surface area (TPSA) is 55.4 Å². The molecule has 1 aliphatic heterocycles. The van der Waals surface area contributed by atoms with Gasteiger partial charge in [0.25, 0.3) is 0 Å². The molecule has 3 aromatic rings. The Hall–Kier alpha value is -2.37. The molecule has 0 bridgehead atoms. The Morgan fingerprint density at radius 3 is 2.61 bits per heavy atom. The molecule has 0 radical (unpaired) electrons. The van der Waals surface area contributed by atoms with Crippen LogP contribution in [0.3, 0.4) is 0 Å². The van der Waals surface area contributed by atoms with E-state index in [1.54, 1.807) is 0 Å². The lowest BCUT2D eigenvalue weighted by molar-refractivity contribution is 0.0105. The van der Waals surface area contributed by atoms with E-state index >= 15 is 0 Å². The van der Waals surface area contributed by atoms with Gasteiger partial charge in [-0.3, -0.25) is 4.90 Å². The molecule has 1 aromatic heterocycles. The first-order valence-electron chi connectivity index (χ1n) is 10.3. The molecule has 28 heavy (non-hydrogen) atoms. The Kier molecular flexibility index (Phi) is 4.18. The molecule has 0 amide bonds. The molecular formula is C23H28N4O. The number of rotatable bonds is 3. The van der Waals surface area contributed by atoms with Crippen LogP contribution < -0.4 is 4.90 Å². The average Bonchev–Trinajstić information content (AvgIpc) is 3.27. The van der Waals surface area contributed by atoms with Gasteiger partial charge in [-0.05, 0) is 49.7 Å². The van der Waals surface area contributed by atoms with Crippen LogP contribution in [0.15, 0.2) is 48.5 Å². The van der Waals surface area contributed by atoms with Crippen molar-refractivity contribution >= 4 is 17.0 Å². The number of para-hydroxylation sites is 2. The Labute approximate surface area is 166 Å². The summed E-state index contributed by atoms with van der Waals surface area (Å²) >= 11 is 0. The lowest BCUT2D eigenvalue weighted by Gasteiger charge is -2.43. The number of hydrogen-bond donors (Lipinski definition) is 2. The first-order chi connectivity index (χ1) is 13.6. The molecule has 0 saturated carbocycles. The molecule has 2 heterocycles. The number of aliphatic hydroxyl groups is 1. The third-order valence-electron chi connectivity index (χ3n) is 6.99. The van der Waals surface area contributed by atoms with Crippen molar-refractivity contribution in [2.75, 3.05) is 31.6 Å². The highest BCUT2D eigenvalue weighted by molar-refractivity contribution is 5.77. The normalized spacial score (nSPS) is 23.6. The van der Waals surface area contributed by atoms with E-state index in [1.165, 1.54) is 11.1 Å². The second-order valence-corrected chi connectivity index (χ2v) is 8.27. The Balaban J connectivity index is 1.44. The zero-order valence-corrected chi connectivity index (χ0v) is 16.6. The summed E-state index contributed by atoms with van der Waals surface area (Å²) < 4.78 is 0. The van der Waals surface area contributed by atoms with E-state index in [0.29, 0.717) is 0 Å². The minimum Gasteiger partial charge on any atom is -0.390 e. The predicted molar refractivity (Wildman–Crippen MR) is 113 cm³/mol. The summed E-state index contributed by atoms with van der Waals surface area (Å²) in [5.41, 5.74) is 4.57. The van der Waals surface area contributed by atoms with Crippen LogP contribution >= 0.6 is 0 Å². The number of fused-ring (bicyclic) bond motifs is 3. The number of anilines is 1. The molecule has 146 valence electrons. The molecule has 2 atom stereocenters. The molecule has 5 nitrogen and oxygen atoms in total. The van der Waals surface area contributed by atoms with Gasteiger partial charge in [-0.1, -0.05) is 43.3 Å². The van der Waals surface area contributed by atoms with Gasteiger partial charge in [0, 0.05) is 18.5 Å². The second kappa shape index (κ2) is 6.61. The van der Waals surface area contributed by atoms with Gasteiger partial charge >= 0.3 is 0 Å². The molecule has 0 unspecified atom stereocenters. The van der Waals surface area contributed by atoms with Crippen molar-refractivity contribution in [1.29, 1.82) is 0 Å². The zero-order valence-electron chi connectivity index (χ0n) is 16.6. The molecule has 2 aliphatic rings. The third kappa shape index (κ3) is 2.50. The summed E-state index contributed by atoms with van der Waals surface area (Å²) in [5, 5.41) is 11.5. The van der Waals surface area contributed by atoms with Crippen LogP contribution in [0.25, 0.3) is 11.0 Å². The summed E-state index contributed by atoms with van der Waals surface area (Å²) in [6.07, 6.45) is 1.51. The molecule has 2 N–H and O–H groups in total. The Morgan fingerprint density at radius 2 is 1.86 bits per heavy atom. The summed E-state index contributed by atoms with van der Waals surface area (Å²) in [7, 11) is 2.12. The van der Waals surface area contributed by atoms with Crippen molar-refractivity contribution in [2.45, 2.75) is 37.3 Å². The summed E-state index contributed by atoms with van der Waals surface area (Å²) in [5.74, 6) is 0.944. The van der Waals surface area contributed by atoms with Crippen LogP contribution in [0, 0.1) is 0 Å². The number of aromatic amines is 1. The van der Waals surface area contributed by atoms with Crippen molar-refractivity contribution in [3.05, 3.63) is 59.7 Å². The number of aliphatic hydroxyl groups excluding tert-OH is 1. The second-order valence-electron chi connectivity index (χ2n) is 8.27. The smallest absolute Gasteiger partial charge is 0.203 e. The van der Waals surface area contributed by atoms with Gasteiger partial charge in [0.15, 0.2) is 0 Å². The van der Waals surface area contributed by atoms with Gasteiger partial charge in [0.2, 0.25) is 5.95 Å². The highest BCUT2D eigenvalue weighted by Crippen LogP contribution is 2.52. The van der Waals surface area contributed by atoms with Gasteiger partial charge in [-0.25, -0.2) is 4.98 Å². The molecule has 1 aliphatic carbocycles. The van der Waals surface area contributed by atoms with Crippen molar-refractivity contribution in [2.24, 2.45) is 0 Å². The fraction of sp³-hybridized carbons (Fsp3) is 0.435. The molecule has 1 fully saturated rings. The highest BCUT2D eigenvalue weighted by atomic mass is 16.3. The third-order valence-corrected chi connectivity index (χ3v) is 6.99. The number of nitrogens with zero attached hydrogens (tertiary/aromatic N) is 3. The van der Waals surface area contributed by atoms with Gasteiger partial charge in [0.05, 0.1) is 23.2 Å². The van der Waals surface area contributed by atoms with Crippen LogP contribution in [0.2, 0.25) is 0 Å². The Bertz CT molecular complexity index is 956. The maximum atomic E-state index is 11.5. The maximum absolute atomic E-state index is 11.5. The number of benzene rings is 2. The number of likely N-dealkylation sites (N-methyl/N-ethyl adjacent to an activating group) is 1. The zero-order chi connectivity index (χ0) is 19.3. The molecule has 2 aromatic carbocycles. The lowest BCUT2D eigenvalue weighted by atomic mass is 9.72. The number of nitrogens with one attached hydrogen (secondary N) is 1. The largest absolute Gasteiger partial charge is 0.390 e. The van der Waals surface area contributed by atoms with Gasteiger partial charge in [-0.15, -0.1) is 0 Å². The van der Waals surface area contributed by atoms with Crippen LogP contribution in [-0.4, -0.2) is 52.8 Å². The predicted octanol–water partition coefficient (Wildman–Crippen LogP) is 3.47. The van der Waals surface area contributed by atoms with Crippen LogP contribution in [-0.2, 0) is 5.41 Å². The highest BCUT2D eigenvalue weighted by Gasteiger charge is 2.53. The van der Waals surface area contributed by atoms with Gasteiger partial charge in [-0.2, -0.15) is 0 Å². The minimum absolute atomic E-state index is 0.0824. The van der Waals surface area contributed by atoms with Crippen molar-refractivity contribution in [1.82, 2.24) is 14.9 Å². The lowest BCUT2D eigenvalue weighted by Crippen LogP contribution is -2.49. The van der Waals surface area contributed by atoms with E-state index in [9.17, 15) is 5.11 Å². The number of imidazole rings is 1. The minimum atomic E-state index is -0.368. The fourth-order valence-corrected chi connectivity index (χ4v) is 5.29. The van der Waals surface area contributed by atoms with Gasteiger partial charge in [0.1, 0.15) is 0 Å². The quantitative estimate of drug-likeness (QED) is 0.735. The summed E-state index contributed by atoms with van der Waals surface area (Å²) in [4.78, 5) is 12.8. The van der Waals surface area contributed by atoms with Crippen LogP contribution in [0.5, 0.6) is 0 Å². The molecule has 1 spiro atoms. The monoisotopic (exact) mass is 376 g/mol. The van der Waals surface area contributed by atoms with Gasteiger partial charge < -0.3 is 15.0 Å². The van der Waals surface area contributed by atoms with E-state index in [-0.39, 0.29) is 17.6 Å². The standard InChI is InChI=1S/C23H28N4O/c1-3-26(2)20-16-8-4-5-9-17(16)23(21(20)28)12-14-27(15-13-23)22-24-18-10-6-7-11-19(18)25-22/h4-11,20-21,28H,3,12-15H2,1-2H3,(H,24,25)/t20-,21+/m1/s1. The van der Waals surface area contributed by atoms with Crippen LogP contribution in [0.4, 0.5) is 5.95 Å². The fourth-order valence-electron chi connectivity index (χ4n) is 5.29. The average molecular weight is 377 g/mol. The van der Waals surface area contributed by atoms with E-state index in [1.807, 2.05) is 18.2 Å². The molecular weight excluding hydrogens is 348 g/mol. The van der Waals surface area contributed by atoms with E-state index in [4.69, 9.17) is 4.98 Å². The van der Waals surface area contributed by atoms with Crippen molar-refractivity contribution < 1.29 is 5.11 Å². The summed E-state index contributed by atoms with van der Waals surface area (Å²) in [6, 6.07) is 16.9. The van der Waals surface area contributed by atoms with E-state index < -0.39 is 0 Å². The molecule has 5 rings (SSSR count). The van der Waals surface area contributed by atoms with Crippen molar-refractivity contribution in [3.8, 4) is 0 Å². The molecule has 1 saturated heterocycles. The maximum Gasteiger partial charge on any atom is 0.203 e. The first-order valence-corrected chi connectivity index (χ1v) is 10.3. The number of piperidine rings is 1.